The van der Waals surface area contributed by atoms with Crippen LogP contribution < -0.4 is 5.32 Å². The molecule has 1 fully saturated rings. The first kappa shape index (κ1) is 14.6. The molecule has 0 radical (unpaired) electrons. The number of carbonyl (C=O) groups is 1. The molecular weight excluding hydrogens is 348 g/mol. The third-order valence-electron chi connectivity index (χ3n) is 3.75. The molecular formula is C16H17BrN2OS. The standard InChI is InChI=1S/C16H17BrN2OS/c17-12-5-1-2-6-13(12)18-11-16(20)19-9-3-7-14(19)15-8-4-10-21-15/h1-2,4-6,8,10,14,18H,3,7,9,11H2. The number of benzene rings is 1. The number of nitrogens with one attached hydrogen (secondary N) is 1. The quantitative estimate of drug-likeness (QED) is 0.877. The first-order valence-corrected chi connectivity index (χ1v) is 8.74. The van der Waals surface area contributed by atoms with Gasteiger partial charge in [0.25, 0.3) is 0 Å². The molecule has 1 aromatic carbocycles. The predicted molar refractivity (Wildman–Crippen MR) is 90.6 cm³/mol. The molecule has 1 aliphatic heterocycles. The van der Waals surface area contributed by atoms with E-state index in [9.17, 15) is 4.79 Å². The molecule has 1 aliphatic rings. The molecule has 0 spiro atoms. The van der Waals surface area contributed by atoms with Crippen LogP contribution in [-0.4, -0.2) is 23.9 Å². The second-order valence-corrected chi connectivity index (χ2v) is 6.93. The van der Waals surface area contributed by atoms with Crippen molar-refractivity contribution in [2.75, 3.05) is 18.4 Å². The summed E-state index contributed by atoms with van der Waals surface area (Å²) in [5.41, 5.74) is 0.956. The number of nitrogens with zero attached hydrogens (tertiary/aromatic N) is 1. The smallest absolute Gasteiger partial charge is 0.242 e. The molecule has 3 nitrogen and oxygen atoms in total. The molecule has 2 aromatic rings. The van der Waals surface area contributed by atoms with E-state index in [-0.39, 0.29) is 11.9 Å². The molecule has 0 bridgehead atoms. The number of hydrogen-bond donors (Lipinski definition) is 1. The Morgan fingerprint density at radius 2 is 2.19 bits per heavy atom. The lowest BCUT2D eigenvalue weighted by Crippen LogP contribution is -2.34. The van der Waals surface area contributed by atoms with Gasteiger partial charge in [-0.1, -0.05) is 18.2 Å². The Balaban J connectivity index is 1.64. The van der Waals surface area contributed by atoms with Gasteiger partial charge < -0.3 is 10.2 Å². The molecule has 110 valence electrons. The van der Waals surface area contributed by atoms with Crippen LogP contribution in [0.25, 0.3) is 0 Å². The average Bonchev–Trinajstić information content (AvgIpc) is 3.16. The van der Waals surface area contributed by atoms with Crippen LogP contribution in [0.15, 0.2) is 46.3 Å². The molecule has 2 heterocycles. The van der Waals surface area contributed by atoms with E-state index in [1.165, 1.54) is 4.88 Å². The number of amides is 1. The highest BCUT2D eigenvalue weighted by Crippen LogP contribution is 2.34. The van der Waals surface area contributed by atoms with E-state index >= 15 is 0 Å². The van der Waals surface area contributed by atoms with Gasteiger partial charge >= 0.3 is 0 Å². The van der Waals surface area contributed by atoms with E-state index in [1.54, 1.807) is 11.3 Å². The van der Waals surface area contributed by atoms with E-state index in [2.05, 4.69) is 38.8 Å². The summed E-state index contributed by atoms with van der Waals surface area (Å²) >= 11 is 5.22. The molecule has 21 heavy (non-hydrogen) atoms. The van der Waals surface area contributed by atoms with Gasteiger partial charge in [-0.05, 0) is 52.4 Å². The van der Waals surface area contributed by atoms with Crippen LogP contribution in [0, 0.1) is 0 Å². The number of anilines is 1. The minimum absolute atomic E-state index is 0.168. The monoisotopic (exact) mass is 364 g/mol. The van der Waals surface area contributed by atoms with Crippen LogP contribution in [0.2, 0.25) is 0 Å². The van der Waals surface area contributed by atoms with E-state index < -0.39 is 0 Å². The van der Waals surface area contributed by atoms with Gasteiger partial charge in [0.1, 0.15) is 0 Å². The number of halogens is 1. The molecule has 1 amide bonds. The van der Waals surface area contributed by atoms with Crippen molar-refractivity contribution in [1.82, 2.24) is 4.90 Å². The third kappa shape index (κ3) is 3.30. The first-order valence-electron chi connectivity index (χ1n) is 7.07. The zero-order valence-electron chi connectivity index (χ0n) is 11.6. The second-order valence-electron chi connectivity index (χ2n) is 5.09. The van der Waals surface area contributed by atoms with Crippen LogP contribution in [0.4, 0.5) is 5.69 Å². The number of hydrogen-bond acceptors (Lipinski definition) is 3. The van der Waals surface area contributed by atoms with Crippen LogP contribution in [0.1, 0.15) is 23.8 Å². The van der Waals surface area contributed by atoms with Gasteiger partial charge in [-0.25, -0.2) is 0 Å². The molecule has 1 atom stereocenters. The van der Waals surface area contributed by atoms with Gasteiger partial charge in [0.2, 0.25) is 5.91 Å². The second kappa shape index (κ2) is 6.62. The number of rotatable bonds is 4. The Hall–Kier alpha value is -1.33. The highest BCUT2D eigenvalue weighted by Gasteiger charge is 2.30. The Morgan fingerprint density at radius 1 is 1.33 bits per heavy atom. The molecule has 1 aromatic heterocycles. The minimum Gasteiger partial charge on any atom is -0.375 e. The van der Waals surface area contributed by atoms with Gasteiger partial charge in [-0.15, -0.1) is 11.3 Å². The maximum Gasteiger partial charge on any atom is 0.242 e. The molecule has 1 saturated heterocycles. The highest BCUT2D eigenvalue weighted by atomic mass is 79.9. The van der Waals surface area contributed by atoms with Gasteiger partial charge in [-0.3, -0.25) is 4.79 Å². The summed E-state index contributed by atoms with van der Waals surface area (Å²) in [4.78, 5) is 15.8. The van der Waals surface area contributed by atoms with E-state index in [0.717, 1.165) is 29.5 Å². The minimum atomic E-state index is 0.168. The normalized spacial score (nSPS) is 18.0. The summed E-state index contributed by atoms with van der Waals surface area (Å²) in [6.07, 6.45) is 2.16. The molecule has 1 N–H and O–H groups in total. The fourth-order valence-electron chi connectivity index (χ4n) is 2.72. The summed E-state index contributed by atoms with van der Waals surface area (Å²) in [6.45, 7) is 1.20. The number of likely N-dealkylation sites (tertiary alicyclic amines) is 1. The van der Waals surface area contributed by atoms with Gasteiger partial charge in [0, 0.05) is 21.6 Å². The molecule has 0 saturated carbocycles. The van der Waals surface area contributed by atoms with Crippen molar-refractivity contribution in [1.29, 1.82) is 0 Å². The van der Waals surface area contributed by atoms with Gasteiger partial charge in [0.05, 0.1) is 12.6 Å². The van der Waals surface area contributed by atoms with Crippen molar-refractivity contribution in [2.24, 2.45) is 0 Å². The average molecular weight is 365 g/mol. The Bertz CT molecular complexity index is 614. The summed E-state index contributed by atoms with van der Waals surface area (Å²) in [6, 6.07) is 12.3. The van der Waals surface area contributed by atoms with E-state index in [1.807, 2.05) is 29.2 Å². The lowest BCUT2D eigenvalue weighted by Gasteiger charge is -2.24. The fourth-order valence-corrected chi connectivity index (χ4v) is 4.02. The Morgan fingerprint density at radius 3 is 2.95 bits per heavy atom. The van der Waals surface area contributed by atoms with Crippen molar-refractivity contribution >= 4 is 38.9 Å². The summed E-state index contributed by atoms with van der Waals surface area (Å²) in [5, 5.41) is 5.30. The van der Waals surface area contributed by atoms with Crippen molar-refractivity contribution in [3.63, 3.8) is 0 Å². The molecule has 5 heteroatoms. The van der Waals surface area contributed by atoms with E-state index in [0.29, 0.717) is 6.54 Å². The summed E-state index contributed by atoms with van der Waals surface area (Å²) in [7, 11) is 0. The number of carbonyl (C=O) groups excluding carboxylic acids is 1. The fraction of sp³-hybridized carbons (Fsp3) is 0.312. The highest BCUT2D eigenvalue weighted by molar-refractivity contribution is 9.10. The Labute approximate surface area is 137 Å². The first-order chi connectivity index (χ1) is 10.3. The number of thiophene rings is 1. The van der Waals surface area contributed by atoms with Crippen molar-refractivity contribution in [2.45, 2.75) is 18.9 Å². The van der Waals surface area contributed by atoms with Crippen molar-refractivity contribution < 1.29 is 4.79 Å². The SMILES string of the molecule is O=C(CNc1ccccc1Br)N1CCCC1c1cccs1. The maximum atomic E-state index is 12.5. The lowest BCUT2D eigenvalue weighted by molar-refractivity contribution is -0.130. The maximum absolute atomic E-state index is 12.5. The van der Waals surface area contributed by atoms with Crippen LogP contribution in [0.5, 0.6) is 0 Å². The van der Waals surface area contributed by atoms with E-state index in [4.69, 9.17) is 0 Å². The largest absolute Gasteiger partial charge is 0.375 e. The van der Waals surface area contributed by atoms with Gasteiger partial charge in [0.15, 0.2) is 0 Å². The zero-order valence-corrected chi connectivity index (χ0v) is 14.0. The summed E-state index contributed by atoms with van der Waals surface area (Å²) < 4.78 is 0.981. The van der Waals surface area contributed by atoms with Crippen molar-refractivity contribution in [3.05, 3.63) is 51.1 Å². The van der Waals surface area contributed by atoms with Crippen LogP contribution in [-0.2, 0) is 4.79 Å². The van der Waals surface area contributed by atoms with Crippen LogP contribution in [0.3, 0.4) is 0 Å². The Kier molecular flexibility index (Phi) is 4.60. The van der Waals surface area contributed by atoms with Crippen molar-refractivity contribution in [3.8, 4) is 0 Å². The van der Waals surface area contributed by atoms with Gasteiger partial charge in [-0.2, -0.15) is 0 Å². The third-order valence-corrected chi connectivity index (χ3v) is 5.41. The topological polar surface area (TPSA) is 32.3 Å². The zero-order chi connectivity index (χ0) is 14.7. The number of para-hydroxylation sites is 1. The molecule has 0 aliphatic carbocycles. The lowest BCUT2D eigenvalue weighted by atomic mass is 10.2. The predicted octanol–water partition coefficient (Wildman–Crippen LogP) is 4.29. The summed E-state index contributed by atoms with van der Waals surface area (Å²) in [5.74, 6) is 0.168. The molecule has 1 unspecified atom stereocenters. The van der Waals surface area contributed by atoms with Crippen LogP contribution >= 0.6 is 27.3 Å². The molecule has 3 rings (SSSR count).